The number of rotatable bonds is 4. The standard InChI is InChI=1S/C11H15ClF2N2O/c1-6-4-5-8(9(17-3)7(6)2)10(16-15)11(12,13)14/h4-5,10,16H,15H2,1-3H3. The fourth-order valence-corrected chi connectivity index (χ4v) is 1.85. The molecule has 0 amide bonds. The zero-order valence-corrected chi connectivity index (χ0v) is 10.6. The van der Waals surface area contributed by atoms with Gasteiger partial charge in [-0.25, -0.2) is 5.43 Å². The number of halogens is 3. The zero-order chi connectivity index (χ0) is 13.2. The first kappa shape index (κ1) is 14.2. The Balaban J connectivity index is 3.35. The van der Waals surface area contributed by atoms with Crippen molar-refractivity contribution in [1.82, 2.24) is 5.43 Å². The third kappa shape index (κ3) is 2.86. The van der Waals surface area contributed by atoms with Gasteiger partial charge in [-0.3, -0.25) is 5.84 Å². The van der Waals surface area contributed by atoms with Gasteiger partial charge >= 0.3 is 5.38 Å². The molecule has 0 aliphatic heterocycles. The number of alkyl halides is 3. The molecule has 1 unspecified atom stereocenters. The lowest BCUT2D eigenvalue weighted by Gasteiger charge is -2.24. The molecule has 0 aromatic heterocycles. The van der Waals surface area contributed by atoms with Gasteiger partial charge in [0, 0.05) is 5.56 Å². The van der Waals surface area contributed by atoms with E-state index in [4.69, 9.17) is 22.2 Å². The topological polar surface area (TPSA) is 47.3 Å². The number of nitrogens with one attached hydrogen (secondary N) is 1. The van der Waals surface area contributed by atoms with E-state index in [0.29, 0.717) is 5.75 Å². The van der Waals surface area contributed by atoms with Crippen molar-refractivity contribution in [2.75, 3.05) is 7.11 Å². The first-order chi connectivity index (χ1) is 7.82. The Hall–Kier alpha value is -0.910. The number of hydrogen-bond donors (Lipinski definition) is 2. The summed E-state index contributed by atoms with van der Waals surface area (Å²) in [7, 11) is 1.42. The average Bonchev–Trinajstić information content (AvgIpc) is 2.22. The molecule has 0 saturated carbocycles. The Morgan fingerprint density at radius 3 is 2.41 bits per heavy atom. The van der Waals surface area contributed by atoms with Gasteiger partial charge in [-0.05, 0) is 36.6 Å². The predicted molar refractivity (Wildman–Crippen MR) is 63.3 cm³/mol. The molecule has 0 spiro atoms. The molecule has 0 aliphatic rings. The van der Waals surface area contributed by atoms with Crippen molar-refractivity contribution < 1.29 is 13.5 Å². The first-order valence-corrected chi connectivity index (χ1v) is 5.37. The Labute approximate surface area is 104 Å². The Morgan fingerprint density at radius 1 is 1.41 bits per heavy atom. The van der Waals surface area contributed by atoms with E-state index >= 15 is 0 Å². The highest BCUT2D eigenvalue weighted by Crippen LogP contribution is 2.40. The lowest BCUT2D eigenvalue weighted by atomic mass is 9.99. The maximum Gasteiger partial charge on any atom is 0.342 e. The quantitative estimate of drug-likeness (QED) is 0.499. The SMILES string of the molecule is COc1c(C(NN)C(F)(F)Cl)ccc(C)c1C. The van der Waals surface area contributed by atoms with Crippen LogP contribution in [0.1, 0.15) is 22.7 Å². The van der Waals surface area contributed by atoms with Crippen LogP contribution in [0.3, 0.4) is 0 Å². The zero-order valence-electron chi connectivity index (χ0n) is 9.85. The van der Waals surface area contributed by atoms with E-state index in [-0.39, 0.29) is 5.56 Å². The van der Waals surface area contributed by atoms with Crippen molar-refractivity contribution in [3.8, 4) is 5.75 Å². The Morgan fingerprint density at radius 2 is 2.00 bits per heavy atom. The summed E-state index contributed by atoms with van der Waals surface area (Å²) in [4.78, 5) is 0. The second-order valence-electron chi connectivity index (χ2n) is 3.77. The van der Waals surface area contributed by atoms with Gasteiger partial charge in [0.15, 0.2) is 0 Å². The van der Waals surface area contributed by atoms with E-state index in [0.717, 1.165) is 11.1 Å². The van der Waals surface area contributed by atoms with Gasteiger partial charge in [0.1, 0.15) is 11.8 Å². The molecule has 0 fully saturated rings. The lowest BCUT2D eigenvalue weighted by molar-refractivity contribution is 0.0487. The summed E-state index contributed by atoms with van der Waals surface area (Å²) in [6, 6.07) is 1.75. The molecular formula is C11H15ClF2N2O. The van der Waals surface area contributed by atoms with E-state index in [2.05, 4.69) is 0 Å². The smallest absolute Gasteiger partial charge is 0.342 e. The summed E-state index contributed by atoms with van der Waals surface area (Å²) >= 11 is 5.02. The molecular weight excluding hydrogens is 250 g/mol. The van der Waals surface area contributed by atoms with Crippen LogP contribution in [0.4, 0.5) is 8.78 Å². The van der Waals surface area contributed by atoms with E-state index in [1.807, 2.05) is 12.3 Å². The molecule has 1 rings (SSSR count). The van der Waals surface area contributed by atoms with Crippen LogP contribution in [0, 0.1) is 13.8 Å². The summed E-state index contributed by atoms with van der Waals surface area (Å²) in [6.07, 6.45) is 0. The minimum absolute atomic E-state index is 0.234. The highest BCUT2D eigenvalue weighted by atomic mass is 35.5. The van der Waals surface area contributed by atoms with Crippen molar-refractivity contribution in [2.45, 2.75) is 25.3 Å². The molecule has 96 valence electrons. The molecule has 3 nitrogen and oxygen atoms in total. The van der Waals surface area contributed by atoms with Crippen LogP contribution in [-0.2, 0) is 0 Å². The van der Waals surface area contributed by atoms with Crippen LogP contribution in [-0.4, -0.2) is 12.5 Å². The minimum Gasteiger partial charge on any atom is -0.496 e. The average molecular weight is 265 g/mol. The molecule has 0 heterocycles. The molecule has 0 aliphatic carbocycles. The number of methoxy groups -OCH3 is 1. The van der Waals surface area contributed by atoms with Gasteiger partial charge in [0.05, 0.1) is 7.11 Å². The van der Waals surface area contributed by atoms with E-state index in [9.17, 15) is 8.78 Å². The monoisotopic (exact) mass is 264 g/mol. The number of nitrogens with two attached hydrogens (primary N) is 1. The van der Waals surface area contributed by atoms with Crippen molar-refractivity contribution in [3.63, 3.8) is 0 Å². The highest BCUT2D eigenvalue weighted by Gasteiger charge is 2.39. The largest absolute Gasteiger partial charge is 0.496 e. The van der Waals surface area contributed by atoms with Gasteiger partial charge in [-0.2, -0.15) is 8.78 Å². The highest BCUT2D eigenvalue weighted by molar-refractivity contribution is 6.22. The maximum atomic E-state index is 13.2. The maximum absolute atomic E-state index is 13.2. The summed E-state index contributed by atoms with van der Waals surface area (Å²) in [6.45, 7) is 3.66. The number of benzene rings is 1. The van der Waals surface area contributed by atoms with E-state index in [1.165, 1.54) is 13.2 Å². The fraction of sp³-hybridized carbons (Fsp3) is 0.455. The normalized spacial score (nSPS) is 13.6. The van der Waals surface area contributed by atoms with Crippen LogP contribution in [0.2, 0.25) is 0 Å². The molecule has 17 heavy (non-hydrogen) atoms. The minimum atomic E-state index is -3.50. The molecule has 0 saturated heterocycles. The third-order valence-electron chi connectivity index (χ3n) is 2.72. The van der Waals surface area contributed by atoms with Crippen LogP contribution >= 0.6 is 11.6 Å². The molecule has 6 heteroatoms. The molecule has 0 bridgehead atoms. The summed E-state index contributed by atoms with van der Waals surface area (Å²) in [5, 5.41) is -3.50. The van der Waals surface area contributed by atoms with Gasteiger partial charge < -0.3 is 4.74 Å². The van der Waals surface area contributed by atoms with Gasteiger partial charge in [0.2, 0.25) is 0 Å². The number of hydrazine groups is 1. The Bertz CT molecular complexity index is 407. The summed E-state index contributed by atoms with van der Waals surface area (Å²) < 4.78 is 31.5. The van der Waals surface area contributed by atoms with Gasteiger partial charge in [0.25, 0.3) is 0 Å². The number of aryl methyl sites for hydroxylation is 1. The molecule has 1 aromatic carbocycles. The summed E-state index contributed by atoms with van der Waals surface area (Å²) in [5.74, 6) is 5.50. The van der Waals surface area contributed by atoms with E-state index in [1.54, 1.807) is 13.0 Å². The van der Waals surface area contributed by atoms with Crippen LogP contribution in [0.5, 0.6) is 5.75 Å². The summed E-state index contributed by atoms with van der Waals surface area (Å²) in [5.41, 5.74) is 3.98. The van der Waals surface area contributed by atoms with Crippen molar-refractivity contribution >= 4 is 11.6 Å². The van der Waals surface area contributed by atoms with Gasteiger partial charge in [-0.1, -0.05) is 12.1 Å². The fourth-order valence-electron chi connectivity index (χ4n) is 1.67. The number of hydrogen-bond acceptors (Lipinski definition) is 3. The number of ether oxygens (including phenoxy) is 1. The van der Waals surface area contributed by atoms with Crippen molar-refractivity contribution in [1.29, 1.82) is 0 Å². The van der Waals surface area contributed by atoms with Crippen molar-refractivity contribution in [3.05, 3.63) is 28.8 Å². The third-order valence-corrected chi connectivity index (χ3v) is 2.93. The molecule has 0 radical (unpaired) electrons. The van der Waals surface area contributed by atoms with Crippen LogP contribution < -0.4 is 16.0 Å². The molecule has 1 atom stereocenters. The predicted octanol–water partition coefficient (Wildman–Crippen LogP) is 2.65. The van der Waals surface area contributed by atoms with E-state index < -0.39 is 11.4 Å². The second-order valence-corrected chi connectivity index (χ2v) is 4.28. The second kappa shape index (κ2) is 5.16. The van der Waals surface area contributed by atoms with Crippen LogP contribution in [0.25, 0.3) is 0 Å². The van der Waals surface area contributed by atoms with Crippen molar-refractivity contribution in [2.24, 2.45) is 5.84 Å². The van der Waals surface area contributed by atoms with Gasteiger partial charge in [-0.15, -0.1) is 0 Å². The van der Waals surface area contributed by atoms with Crippen LogP contribution in [0.15, 0.2) is 12.1 Å². The molecule has 1 aromatic rings. The Kier molecular flexibility index (Phi) is 4.30. The first-order valence-electron chi connectivity index (χ1n) is 4.99. The lowest BCUT2D eigenvalue weighted by Crippen LogP contribution is -2.38. The molecule has 3 N–H and O–H groups in total.